The van der Waals surface area contributed by atoms with E-state index >= 15 is 0 Å². The first-order valence-electron chi connectivity index (χ1n) is 6.16. The molecule has 2 aromatic rings. The standard InChI is InChI=1S/C14H21N3/c1-10(2)17-7-6-14(15-17)9-16-8-11(3)12(4)13(16)5/h6-8,10H,9H2,1-5H3. The fourth-order valence-corrected chi connectivity index (χ4v) is 2.02. The minimum atomic E-state index is 0.429. The van der Waals surface area contributed by atoms with Gasteiger partial charge in [0.25, 0.3) is 0 Å². The molecule has 17 heavy (non-hydrogen) atoms. The molecule has 0 fully saturated rings. The van der Waals surface area contributed by atoms with Gasteiger partial charge in [0.1, 0.15) is 0 Å². The van der Waals surface area contributed by atoms with E-state index < -0.39 is 0 Å². The first-order chi connectivity index (χ1) is 7.99. The molecule has 3 nitrogen and oxygen atoms in total. The molecule has 92 valence electrons. The average Bonchev–Trinajstić information content (AvgIpc) is 2.82. The summed E-state index contributed by atoms with van der Waals surface area (Å²) in [5.74, 6) is 0. The Kier molecular flexibility index (Phi) is 3.09. The zero-order valence-electron chi connectivity index (χ0n) is 11.4. The molecule has 2 aromatic heterocycles. The zero-order valence-corrected chi connectivity index (χ0v) is 11.4. The third-order valence-electron chi connectivity index (χ3n) is 3.44. The first-order valence-corrected chi connectivity index (χ1v) is 6.16. The van der Waals surface area contributed by atoms with Gasteiger partial charge in [-0.2, -0.15) is 5.10 Å². The highest BCUT2D eigenvalue weighted by Crippen LogP contribution is 2.16. The second-order valence-corrected chi connectivity index (χ2v) is 5.03. The van der Waals surface area contributed by atoms with Crippen LogP contribution in [0.15, 0.2) is 18.5 Å². The van der Waals surface area contributed by atoms with Crippen molar-refractivity contribution in [3.63, 3.8) is 0 Å². The van der Waals surface area contributed by atoms with Crippen molar-refractivity contribution in [2.45, 2.75) is 47.2 Å². The Labute approximate surface area is 103 Å². The number of aryl methyl sites for hydroxylation is 1. The molecule has 0 aromatic carbocycles. The van der Waals surface area contributed by atoms with Gasteiger partial charge in [-0.1, -0.05) is 0 Å². The molecule has 0 radical (unpaired) electrons. The average molecular weight is 231 g/mol. The van der Waals surface area contributed by atoms with E-state index in [1.165, 1.54) is 16.8 Å². The van der Waals surface area contributed by atoms with E-state index in [2.05, 4.69) is 62.7 Å². The Bertz CT molecular complexity index is 518. The molecular weight excluding hydrogens is 210 g/mol. The number of hydrogen-bond acceptors (Lipinski definition) is 1. The van der Waals surface area contributed by atoms with Crippen LogP contribution in [-0.2, 0) is 6.54 Å². The fraction of sp³-hybridized carbons (Fsp3) is 0.500. The largest absolute Gasteiger partial charge is 0.345 e. The molecule has 0 bridgehead atoms. The molecule has 0 spiro atoms. The van der Waals surface area contributed by atoms with Gasteiger partial charge in [-0.25, -0.2) is 0 Å². The lowest BCUT2D eigenvalue weighted by Gasteiger charge is -2.06. The van der Waals surface area contributed by atoms with Gasteiger partial charge in [0.2, 0.25) is 0 Å². The van der Waals surface area contributed by atoms with Crippen molar-refractivity contribution in [2.75, 3.05) is 0 Å². The van der Waals surface area contributed by atoms with Crippen LogP contribution >= 0.6 is 0 Å². The predicted molar refractivity (Wildman–Crippen MR) is 70.4 cm³/mol. The number of rotatable bonds is 3. The van der Waals surface area contributed by atoms with E-state index in [9.17, 15) is 0 Å². The fourth-order valence-electron chi connectivity index (χ4n) is 2.02. The normalized spacial score (nSPS) is 11.4. The second-order valence-electron chi connectivity index (χ2n) is 5.03. The van der Waals surface area contributed by atoms with Crippen LogP contribution in [-0.4, -0.2) is 14.3 Å². The van der Waals surface area contributed by atoms with Crippen LogP contribution in [0.1, 0.15) is 42.4 Å². The quantitative estimate of drug-likeness (QED) is 0.795. The maximum absolute atomic E-state index is 4.58. The summed E-state index contributed by atoms with van der Waals surface area (Å²) in [7, 11) is 0. The van der Waals surface area contributed by atoms with Gasteiger partial charge in [-0.15, -0.1) is 0 Å². The van der Waals surface area contributed by atoms with Gasteiger partial charge in [0.05, 0.1) is 12.2 Å². The topological polar surface area (TPSA) is 22.8 Å². The van der Waals surface area contributed by atoms with E-state index in [1.807, 2.05) is 4.68 Å². The third-order valence-corrected chi connectivity index (χ3v) is 3.44. The molecule has 0 atom stereocenters. The van der Waals surface area contributed by atoms with E-state index in [-0.39, 0.29) is 0 Å². The second kappa shape index (κ2) is 4.40. The molecule has 2 heterocycles. The molecule has 0 amide bonds. The number of nitrogens with zero attached hydrogens (tertiary/aromatic N) is 3. The Morgan fingerprint density at radius 1 is 1.24 bits per heavy atom. The minimum Gasteiger partial charge on any atom is -0.345 e. The Morgan fingerprint density at radius 3 is 2.41 bits per heavy atom. The molecule has 0 N–H and O–H groups in total. The highest BCUT2D eigenvalue weighted by atomic mass is 15.3. The first kappa shape index (κ1) is 12.0. The van der Waals surface area contributed by atoms with Crippen LogP contribution in [0.3, 0.4) is 0 Å². The van der Waals surface area contributed by atoms with Gasteiger partial charge >= 0.3 is 0 Å². The van der Waals surface area contributed by atoms with E-state index in [1.54, 1.807) is 0 Å². The van der Waals surface area contributed by atoms with Gasteiger partial charge in [-0.3, -0.25) is 4.68 Å². The molecular formula is C14H21N3. The molecule has 0 aliphatic heterocycles. The van der Waals surface area contributed by atoms with Crippen molar-refractivity contribution in [2.24, 2.45) is 0 Å². The highest BCUT2D eigenvalue weighted by Gasteiger charge is 2.07. The molecule has 0 aliphatic rings. The van der Waals surface area contributed by atoms with Crippen molar-refractivity contribution in [1.82, 2.24) is 14.3 Å². The summed E-state index contributed by atoms with van der Waals surface area (Å²) in [6, 6.07) is 2.53. The Hall–Kier alpha value is -1.51. The van der Waals surface area contributed by atoms with Crippen LogP contribution in [0, 0.1) is 20.8 Å². The minimum absolute atomic E-state index is 0.429. The van der Waals surface area contributed by atoms with Crippen molar-refractivity contribution in [3.8, 4) is 0 Å². The van der Waals surface area contributed by atoms with E-state index in [0.717, 1.165) is 12.2 Å². The van der Waals surface area contributed by atoms with Crippen LogP contribution in [0.25, 0.3) is 0 Å². The summed E-state index contributed by atoms with van der Waals surface area (Å²) in [4.78, 5) is 0. The molecule has 2 rings (SSSR count). The van der Waals surface area contributed by atoms with Gasteiger partial charge in [-0.05, 0) is 51.8 Å². The lowest BCUT2D eigenvalue weighted by atomic mass is 10.2. The molecule has 0 saturated heterocycles. The summed E-state index contributed by atoms with van der Waals surface area (Å²) in [6.07, 6.45) is 4.26. The van der Waals surface area contributed by atoms with Crippen LogP contribution in [0.2, 0.25) is 0 Å². The summed E-state index contributed by atoms with van der Waals surface area (Å²) in [5.41, 5.74) is 5.19. The molecule has 0 aliphatic carbocycles. The van der Waals surface area contributed by atoms with E-state index in [0.29, 0.717) is 6.04 Å². The smallest absolute Gasteiger partial charge is 0.0821 e. The van der Waals surface area contributed by atoms with Gasteiger partial charge in [0, 0.05) is 24.1 Å². The van der Waals surface area contributed by atoms with E-state index in [4.69, 9.17) is 0 Å². The van der Waals surface area contributed by atoms with Crippen LogP contribution in [0.5, 0.6) is 0 Å². The number of hydrogen-bond donors (Lipinski definition) is 0. The Morgan fingerprint density at radius 2 is 1.94 bits per heavy atom. The van der Waals surface area contributed by atoms with Crippen molar-refractivity contribution in [1.29, 1.82) is 0 Å². The summed E-state index contributed by atoms with van der Waals surface area (Å²) >= 11 is 0. The summed E-state index contributed by atoms with van der Waals surface area (Å²) < 4.78 is 4.28. The van der Waals surface area contributed by atoms with Crippen LogP contribution in [0.4, 0.5) is 0 Å². The van der Waals surface area contributed by atoms with Crippen molar-refractivity contribution >= 4 is 0 Å². The molecule has 0 saturated carbocycles. The van der Waals surface area contributed by atoms with Crippen LogP contribution < -0.4 is 0 Å². The molecule has 0 unspecified atom stereocenters. The zero-order chi connectivity index (χ0) is 12.6. The van der Waals surface area contributed by atoms with Gasteiger partial charge in [0.15, 0.2) is 0 Å². The predicted octanol–water partition coefficient (Wildman–Crippen LogP) is 3.24. The monoisotopic (exact) mass is 231 g/mol. The summed E-state index contributed by atoms with van der Waals surface area (Å²) in [6.45, 7) is 11.7. The molecule has 3 heteroatoms. The summed E-state index contributed by atoms with van der Waals surface area (Å²) in [5, 5.41) is 4.58. The Balaban J connectivity index is 2.22. The van der Waals surface area contributed by atoms with Crippen molar-refractivity contribution < 1.29 is 0 Å². The third kappa shape index (κ3) is 2.28. The lowest BCUT2D eigenvalue weighted by Crippen LogP contribution is -2.05. The highest BCUT2D eigenvalue weighted by molar-refractivity contribution is 5.29. The van der Waals surface area contributed by atoms with Gasteiger partial charge < -0.3 is 4.57 Å². The van der Waals surface area contributed by atoms with Crippen molar-refractivity contribution in [3.05, 3.63) is 41.0 Å². The maximum atomic E-state index is 4.58. The SMILES string of the molecule is Cc1cn(Cc2ccn(C(C)C)n2)c(C)c1C. The maximum Gasteiger partial charge on any atom is 0.0821 e. The number of aromatic nitrogens is 3. The lowest BCUT2D eigenvalue weighted by molar-refractivity contribution is 0.523.